The monoisotopic (exact) mass is 834 g/mol. The number of phenolic OH excluding ortho intramolecular Hbond substituents is 1. The fourth-order valence-corrected chi connectivity index (χ4v) is 9.86. The van der Waals surface area contributed by atoms with Gasteiger partial charge in [0, 0.05) is 56.2 Å². The minimum Gasteiger partial charge on any atom is -0.504 e. The topological polar surface area (TPSA) is 190 Å². The number of nitrogens with two attached hydrogens (primary N) is 1. The molecular formula is C50H66N4O7. The zero-order valence-electron chi connectivity index (χ0n) is 36.2. The quantitative estimate of drug-likeness (QED) is 0.0690. The van der Waals surface area contributed by atoms with Crippen LogP contribution in [0.1, 0.15) is 106 Å². The smallest absolute Gasteiger partial charge is 0.173 e. The number of aromatic nitrogens is 1. The van der Waals surface area contributed by atoms with Crippen molar-refractivity contribution in [1.82, 2.24) is 15.6 Å². The normalized spacial score (nSPS) is 25.3. The average molecular weight is 835 g/mol. The number of nitrogens with one attached hydrogen (secondary N) is 3. The molecule has 328 valence electrons. The fourth-order valence-electron chi connectivity index (χ4n) is 9.86. The molecule has 2 aliphatic carbocycles. The molecule has 0 radical (unpaired) electrons. The van der Waals surface area contributed by atoms with E-state index in [1.165, 1.54) is 7.11 Å². The van der Waals surface area contributed by atoms with Gasteiger partial charge in [0.2, 0.25) is 0 Å². The van der Waals surface area contributed by atoms with E-state index in [1.807, 2.05) is 42.6 Å². The number of aliphatic hydroxyl groups is 3. The summed E-state index contributed by atoms with van der Waals surface area (Å²) in [4.78, 5) is 31.9. The number of dihydropyridines is 1. The molecule has 11 heteroatoms. The van der Waals surface area contributed by atoms with E-state index in [4.69, 9.17) is 10.5 Å². The molecule has 3 aromatic rings. The summed E-state index contributed by atoms with van der Waals surface area (Å²) < 4.78 is 5.46. The number of Topliss-reactive ketones (excluding diaryl/α,β-unsaturated/α-hetero) is 2. The van der Waals surface area contributed by atoms with Gasteiger partial charge in [-0.1, -0.05) is 68.5 Å². The number of carbonyl (C=O) groups is 2. The zero-order valence-corrected chi connectivity index (χ0v) is 36.2. The first-order chi connectivity index (χ1) is 29.3. The highest BCUT2D eigenvalue weighted by Gasteiger charge is 2.43. The molecule has 0 spiro atoms. The maximum Gasteiger partial charge on any atom is 0.173 e. The third-order valence-corrected chi connectivity index (χ3v) is 13.1. The molecule has 0 saturated heterocycles. The SMILES string of the molecule is CCCC(C(O)Cc1cc(C(C)CNCC(C)O)c[nH]1)C1CC(CC2=CCNC(N)=C2)CC2C#CC(c3ccccc3)c3cc(O)c(OC)cc3CCC(=O)C(O)C(=O)C2C1. The van der Waals surface area contributed by atoms with Crippen molar-refractivity contribution in [3.8, 4) is 23.3 Å². The Kier molecular flexibility index (Phi) is 15.9. The highest BCUT2D eigenvalue weighted by Crippen LogP contribution is 2.45. The summed E-state index contributed by atoms with van der Waals surface area (Å²) in [5, 5.41) is 51.0. The van der Waals surface area contributed by atoms with Crippen molar-refractivity contribution in [3.63, 3.8) is 0 Å². The maximum absolute atomic E-state index is 14.7. The van der Waals surface area contributed by atoms with Gasteiger partial charge in [-0.05, 0) is 121 Å². The summed E-state index contributed by atoms with van der Waals surface area (Å²) in [6.07, 6.45) is 7.64. The number of aliphatic hydroxyl groups excluding tert-OH is 3. The third kappa shape index (κ3) is 11.7. The Balaban J connectivity index is 1.39. The number of aromatic hydroxyl groups is 1. The summed E-state index contributed by atoms with van der Waals surface area (Å²) in [6, 6.07) is 15.3. The minimum absolute atomic E-state index is 0.0363. The number of fused-ring (bicyclic) bond motifs is 2. The number of carbonyl (C=O) groups excluding carboxylic acids is 2. The molecule has 6 rings (SSSR count). The lowest BCUT2D eigenvalue weighted by Crippen LogP contribution is -2.40. The number of H-pyrrole nitrogens is 1. The molecule has 9 N–H and O–H groups in total. The average Bonchev–Trinajstić information content (AvgIpc) is 3.63. The Hall–Kier alpha value is -4.86. The third-order valence-electron chi connectivity index (χ3n) is 13.1. The first-order valence-electron chi connectivity index (χ1n) is 22.2. The number of hydrogen-bond acceptors (Lipinski definition) is 10. The second-order valence-electron chi connectivity index (χ2n) is 17.7. The van der Waals surface area contributed by atoms with Gasteiger partial charge in [0.15, 0.2) is 29.2 Å². The number of hydrogen-bond donors (Lipinski definition) is 8. The fraction of sp³-hybridized carbons (Fsp3) is 0.520. The van der Waals surface area contributed by atoms with E-state index in [0.717, 1.165) is 52.8 Å². The van der Waals surface area contributed by atoms with Crippen molar-refractivity contribution in [2.75, 3.05) is 26.7 Å². The van der Waals surface area contributed by atoms with E-state index in [-0.39, 0.29) is 48.0 Å². The number of aromatic amines is 1. The molecule has 1 aromatic heterocycles. The van der Waals surface area contributed by atoms with Crippen molar-refractivity contribution in [2.45, 2.75) is 109 Å². The predicted molar refractivity (Wildman–Crippen MR) is 238 cm³/mol. The van der Waals surface area contributed by atoms with E-state index in [9.17, 15) is 30.0 Å². The molecule has 10 unspecified atom stereocenters. The molecule has 1 saturated carbocycles. The minimum atomic E-state index is -1.81. The van der Waals surface area contributed by atoms with Gasteiger partial charge in [0.05, 0.1) is 31.1 Å². The second kappa shape index (κ2) is 21.3. The van der Waals surface area contributed by atoms with Crippen LogP contribution in [0.25, 0.3) is 0 Å². The molecule has 2 heterocycles. The van der Waals surface area contributed by atoms with Crippen molar-refractivity contribution in [3.05, 3.63) is 106 Å². The summed E-state index contributed by atoms with van der Waals surface area (Å²) in [5.74, 6) is 5.23. The van der Waals surface area contributed by atoms with Crippen LogP contribution in [0.5, 0.6) is 11.5 Å². The van der Waals surface area contributed by atoms with Crippen LogP contribution in [0, 0.1) is 41.4 Å². The molecule has 1 fully saturated rings. The summed E-state index contributed by atoms with van der Waals surface area (Å²) in [6.45, 7) is 7.85. The van der Waals surface area contributed by atoms with Gasteiger partial charge < -0.3 is 46.5 Å². The van der Waals surface area contributed by atoms with Gasteiger partial charge in [-0.25, -0.2) is 0 Å². The molecule has 1 aliphatic heterocycles. The lowest BCUT2D eigenvalue weighted by atomic mass is 9.73. The van der Waals surface area contributed by atoms with Crippen LogP contribution in [0.3, 0.4) is 0 Å². The Labute approximate surface area is 361 Å². The Morgan fingerprint density at radius 2 is 1.80 bits per heavy atom. The van der Waals surface area contributed by atoms with Crippen LogP contribution in [-0.2, 0) is 22.4 Å². The molecule has 0 amide bonds. The standard InChI is InChI=1S/C50H66N4O7/c1-5-9-41(45(57)25-39-22-38(29-54-39)30(2)27-52-28-31(3)55)37-20-33(18-32-16-17-53-48(51)21-32)19-35-12-14-40(34-10-7-6-8-11-34)42-26-46(58)47(61-4)24-36(42)13-15-44(56)50(60)49(59)43(35)23-37/h6-8,10-11,16,21-22,24,26,29-31,33,35,37,40-41,43,45,50,52-55,57-58,60H,5,9,13,15,17-20,23,25,27-28,51H2,1-4H3. The van der Waals surface area contributed by atoms with Crippen LogP contribution in [-0.4, -0.2) is 82.0 Å². The van der Waals surface area contributed by atoms with E-state index < -0.39 is 47.6 Å². The maximum atomic E-state index is 14.7. The molecule has 2 aromatic carbocycles. The molecule has 3 aliphatic rings. The first-order valence-corrected chi connectivity index (χ1v) is 22.2. The van der Waals surface area contributed by atoms with Crippen molar-refractivity contribution in [1.29, 1.82) is 0 Å². The molecule has 10 atom stereocenters. The summed E-state index contributed by atoms with van der Waals surface area (Å²) in [7, 11) is 1.47. The lowest BCUT2D eigenvalue weighted by Gasteiger charge is -2.33. The van der Waals surface area contributed by atoms with E-state index in [0.29, 0.717) is 51.1 Å². The number of benzene rings is 2. The predicted octanol–water partition coefficient (Wildman–Crippen LogP) is 5.77. The Morgan fingerprint density at radius 1 is 1.02 bits per heavy atom. The molecule has 61 heavy (non-hydrogen) atoms. The van der Waals surface area contributed by atoms with Crippen LogP contribution in [0.15, 0.2) is 78.3 Å². The number of ether oxygens (including phenoxy) is 1. The van der Waals surface area contributed by atoms with Crippen LogP contribution in [0.2, 0.25) is 0 Å². The van der Waals surface area contributed by atoms with Crippen LogP contribution < -0.4 is 21.1 Å². The van der Waals surface area contributed by atoms with Gasteiger partial charge in [-0.3, -0.25) is 9.59 Å². The van der Waals surface area contributed by atoms with E-state index in [1.54, 1.807) is 19.1 Å². The van der Waals surface area contributed by atoms with Crippen molar-refractivity contribution >= 4 is 11.6 Å². The molecular weight excluding hydrogens is 769 g/mol. The zero-order chi connectivity index (χ0) is 43.6. The van der Waals surface area contributed by atoms with Crippen LogP contribution in [0.4, 0.5) is 0 Å². The number of rotatable bonds is 15. The van der Waals surface area contributed by atoms with Gasteiger partial charge in [0.1, 0.15) is 0 Å². The van der Waals surface area contributed by atoms with Gasteiger partial charge >= 0.3 is 0 Å². The first kappa shape index (κ1) is 45.7. The van der Waals surface area contributed by atoms with Gasteiger partial charge in [-0.15, -0.1) is 0 Å². The lowest BCUT2D eigenvalue weighted by molar-refractivity contribution is -0.142. The second-order valence-corrected chi connectivity index (χ2v) is 17.7. The van der Waals surface area contributed by atoms with E-state index in [2.05, 4.69) is 53.4 Å². The number of ketones is 2. The largest absolute Gasteiger partial charge is 0.504 e. The number of methoxy groups -OCH3 is 1. The van der Waals surface area contributed by atoms with Gasteiger partial charge in [-0.2, -0.15) is 0 Å². The highest BCUT2D eigenvalue weighted by molar-refractivity contribution is 6.06. The molecule has 11 nitrogen and oxygen atoms in total. The van der Waals surface area contributed by atoms with Crippen LogP contribution >= 0.6 is 0 Å². The molecule has 0 bridgehead atoms. The summed E-state index contributed by atoms with van der Waals surface area (Å²) in [5.41, 5.74) is 11.8. The highest BCUT2D eigenvalue weighted by atomic mass is 16.5. The Morgan fingerprint density at radius 3 is 2.52 bits per heavy atom. The van der Waals surface area contributed by atoms with Crippen molar-refractivity contribution < 1.29 is 34.8 Å². The number of aryl methyl sites for hydroxylation is 1. The van der Waals surface area contributed by atoms with Gasteiger partial charge in [0.25, 0.3) is 0 Å². The Bertz CT molecular complexity index is 2080. The van der Waals surface area contributed by atoms with Crippen molar-refractivity contribution in [2.24, 2.45) is 35.3 Å². The number of allylic oxidation sites excluding steroid dienone is 2. The number of phenols is 1. The van der Waals surface area contributed by atoms with E-state index >= 15 is 0 Å². The summed E-state index contributed by atoms with van der Waals surface area (Å²) >= 11 is 0.